The van der Waals surface area contributed by atoms with Crippen molar-refractivity contribution in [3.8, 4) is 5.75 Å². The number of alkyl halides is 1. The normalized spacial score (nSPS) is 34.9. The molecule has 4 aliphatic rings. The monoisotopic (exact) mass is 759 g/mol. The van der Waals surface area contributed by atoms with Crippen LogP contribution in [0.4, 0.5) is 10.1 Å². The molecule has 0 bridgehead atoms. The molecule has 2 unspecified atom stereocenters. The Morgan fingerprint density at radius 2 is 1.83 bits per heavy atom. The average molecular weight is 760 g/mol. The van der Waals surface area contributed by atoms with Crippen molar-refractivity contribution >= 4 is 31.0 Å². The molecule has 4 N–H and O–H groups in total. The summed E-state index contributed by atoms with van der Waals surface area (Å²) in [5.41, 5.74) is -4.52. The van der Waals surface area contributed by atoms with Gasteiger partial charge in [-0.15, -0.1) is 6.58 Å². The van der Waals surface area contributed by atoms with Crippen LogP contribution in [0.15, 0.2) is 60.2 Å². The number of Topliss-reactive ketones (excluding diaryl/α,β-unsaturated/α-hetero) is 1. The number of aliphatic hydroxyl groups is 2. The van der Waals surface area contributed by atoms with Gasteiger partial charge in [-0.25, -0.2) is 8.96 Å². The first-order valence-corrected chi connectivity index (χ1v) is 20.2. The van der Waals surface area contributed by atoms with E-state index in [1.54, 1.807) is 26.8 Å². The van der Waals surface area contributed by atoms with E-state index in [-0.39, 0.29) is 43.0 Å². The highest BCUT2D eigenvalue weighted by molar-refractivity contribution is 7.47. The third-order valence-electron chi connectivity index (χ3n) is 12.6. The minimum atomic E-state index is -4.87. The number of ketones is 2. The van der Waals surface area contributed by atoms with Crippen LogP contribution in [0.5, 0.6) is 5.75 Å². The molecule has 3 fully saturated rings. The van der Waals surface area contributed by atoms with Crippen molar-refractivity contribution < 1.29 is 52.2 Å². The molecule has 11 nitrogen and oxygen atoms in total. The molecule has 10 atom stereocenters. The largest absolute Gasteiger partial charge is 0.527 e. The molecule has 0 radical (unpaired) electrons. The zero-order chi connectivity index (χ0) is 39.0. The molecule has 1 aromatic rings. The standard InChI is InChI=1S/C40H55FNO10P/c1-25(2)10-8-7-9-11-27(4)50-24-36(46)42-29-13-15-31(16-14-29)52-53(48,49)51-23-35(45)40(47)26(3)20-33-32-17-12-28-21-30(43)18-19-37(28,5)39(32,41)34(44)22-38(33,40)6/h13-16,18-19,21,26-27,32-34,44,47H,1,7-12,17,20,22-24H2,2-6H3,(H,42,46)(H,48,49)/t26-,27?,32+,33+,34+,37+,38+,39+,40+/m1/s1. The summed E-state index contributed by atoms with van der Waals surface area (Å²) in [5, 5.41) is 26.4. The lowest BCUT2D eigenvalue weighted by molar-refractivity contribution is -0.219. The number of nitrogens with one attached hydrogen (secondary N) is 1. The zero-order valence-corrected chi connectivity index (χ0v) is 32.3. The van der Waals surface area contributed by atoms with Crippen molar-refractivity contribution in [1.82, 2.24) is 0 Å². The molecule has 1 aromatic carbocycles. The maximum absolute atomic E-state index is 17.4. The first kappa shape index (κ1) is 41.2. The van der Waals surface area contributed by atoms with E-state index in [0.29, 0.717) is 24.1 Å². The van der Waals surface area contributed by atoms with Crippen LogP contribution >= 0.6 is 7.82 Å². The number of unbranched alkanes of at least 4 members (excludes halogenated alkanes) is 2. The predicted molar refractivity (Wildman–Crippen MR) is 198 cm³/mol. The molecule has 3 saturated carbocycles. The minimum absolute atomic E-state index is 0.0647. The fourth-order valence-electron chi connectivity index (χ4n) is 9.68. The number of carbonyl (C=O) groups excluding carboxylic acids is 3. The first-order valence-electron chi connectivity index (χ1n) is 18.7. The van der Waals surface area contributed by atoms with Gasteiger partial charge >= 0.3 is 7.82 Å². The molecule has 53 heavy (non-hydrogen) atoms. The van der Waals surface area contributed by atoms with Gasteiger partial charge in [-0.2, -0.15) is 0 Å². The Morgan fingerprint density at radius 3 is 2.51 bits per heavy atom. The van der Waals surface area contributed by atoms with Gasteiger partial charge in [0.25, 0.3) is 0 Å². The second kappa shape index (κ2) is 15.6. The summed E-state index contributed by atoms with van der Waals surface area (Å²) >= 11 is 0. The lowest BCUT2D eigenvalue weighted by Crippen LogP contribution is -2.69. The van der Waals surface area contributed by atoms with Gasteiger partial charge in [0, 0.05) is 22.4 Å². The van der Waals surface area contributed by atoms with Crippen molar-refractivity contribution in [1.29, 1.82) is 0 Å². The van der Waals surface area contributed by atoms with E-state index in [0.717, 1.165) is 32.1 Å². The van der Waals surface area contributed by atoms with Crippen LogP contribution in [0.25, 0.3) is 0 Å². The predicted octanol–water partition coefficient (Wildman–Crippen LogP) is 6.97. The number of anilines is 1. The van der Waals surface area contributed by atoms with E-state index in [4.69, 9.17) is 13.8 Å². The van der Waals surface area contributed by atoms with Gasteiger partial charge in [0.15, 0.2) is 17.2 Å². The van der Waals surface area contributed by atoms with E-state index in [1.165, 1.54) is 42.0 Å². The van der Waals surface area contributed by atoms with Gasteiger partial charge < -0.3 is 24.8 Å². The molecular formula is C40H55FNO10P. The van der Waals surface area contributed by atoms with Crippen LogP contribution < -0.4 is 9.84 Å². The third kappa shape index (κ3) is 7.91. The van der Waals surface area contributed by atoms with E-state index in [1.807, 2.05) is 13.8 Å². The Hall–Kier alpha value is -2.99. The van der Waals surface area contributed by atoms with Crippen molar-refractivity contribution in [2.75, 3.05) is 18.5 Å². The van der Waals surface area contributed by atoms with Gasteiger partial charge in [-0.1, -0.05) is 43.9 Å². The second-order valence-corrected chi connectivity index (χ2v) is 17.6. The van der Waals surface area contributed by atoms with Gasteiger partial charge in [0.2, 0.25) is 5.91 Å². The number of phosphoric ester groups is 1. The second-order valence-electron chi connectivity index (χ2n) is 16.2. The highest BCUT2D eigenvalue weighted by Gasteiger charge is 2.75. The molecule has 0 spiro atoms. The number of benzene rings is 1. The van der Waals surface area contributed by atoms with Gasteiger partial charge in [-0.3, -0.25) is 23.8 Å². The van der Waals surface area contributed by atoms with E-state index in [9.17, 15) is 34.1 Å². The molecule has 292 valence electrons. The number of halogens is 1. The highest BCUT2D eigenvalue weighted by Crippen LogP contribution is 2.70. The molecule has 0 aliphatic heterocycles. The SMILES string of the molecule is C=C(C)CCCCCC(C)OCC(=O)Nc1ccc(OP(=O)(O)OCC(=O)[C@@]2(O)[C@H](C)C[C@H]3[C@@H]4CCC5=CC(=O)C=C[C@]5(C)[C@@]4(F)[C@@H](O)C[C@@]32C)cc1. The first-order chi connectivity index (χ1) is 24.8. The van der Waals surface area contributed by atoms with Crippen molar-refractivity contribution in [3.63, 3.8) is 0 Å². The molecule has 5 rings (SSSR count). The lowest BCUT2D eigenvalue weighted by atomic mass is 9.44. The Balaban J connectivity index is 1.15. The summed E-state index contributed by atoms with van der Waals surface area (Å²) < 4.78 is 46.3. The molecule has 1 amide bonds. The summed E-state index contributed by atoms with van der Waals surface area (Å²) in [6.45, 7) is 11.8. The van der Waals surface area contributed by atoms with Crippen LogP contribution in [-0.4, -0.2) is 69.3 Å². The number of aliphatic hydroxyl groups excluding tert-OH is 1. The Bertz CT molecular complexity index is 1700. The fourth-order valence-corrected chi connectivity index (χ4v) is 10.4. The molecule has 13 heteroatoms. The minimum Gasteiger partial charge on any atom is -0.404 e. The van der Waals surface area contributed by atoms with E-state index >= 15 is 4.39 Å². The Labute approximate surface area is 311 Å². The van der Waals surface area contributed by atoms with Gasteiger partial charge in [-0.05, 0) is 114 Å². The highest BCUT2D eigenvalue weighted by atomic mass is 31.2. The number of phosphoric acid groups is 1. The molecule has 0 saturated heterocycles. The maximum atomic E-state index is 17.4. The molecule has 4 aliphatic carbocycles. The quantitative estimate of drug-likeness (QED) is 0.0785. The number of fused-ring (bicyclic) bond motifs is 5. The molecule has 0 aromatic heterocycles. The number of rotatable bonds is 16. The number of ether oxygens (including phenoxy) is 1. The van der Waals surface area contributed by atoms with Gasteiger partial charge in [0.1, 0.15) is 24.6 Å². The zero-order valence-electron chi connectivity index (χ0n) is 31.4. The lowest BCUT2D eigenvalue weighted by Gasteiger charge is -2.62. The number of hydrogen-bond donors (Lipinski definition) is 4. The van der Waals surface area contributed by atoms with Crippen molar-refractivity contribution in [2.24, 2.45) is 28.6 Å². The number of allylic oxidation sites excluding steroid dienone is 5. The van der Waals surface area contributed by atoms with Crippen LogP contribution in [0.1, 0.15) is 92.4 Å². The molecular weight excluding hydrogens is 704 g/mol. The fraction of sp³-hybridized carbons (Fsp3) is 0.625. The van der Waals surface area contributed by atoms with Gasteiger partial charge in [0.05, 0.1) is 12.2 Å². The number of hydrogen-bond acceptors (Lipinski definition) is 9. The van der Waals surface area contributed by atoms with E-state index < -0.39 is 66.2 Å². The number of amides is 1. The summed E-state index contributed by atoms with van der Waals surface area (Å²) in [6, 6.07) is 5.65. The Kier molecular flexibility index (Phi) is 12.1. The molecule has 0 heterocycles. The summed E-state index contributed by atoms with van der Waals surface area (Å²) in [7, 11) is -4.87. The van der Waals surface area contributed by atoms with Crippen molar-refractivity contribution in [3.05, 3.63) is 60.2 Å². The van der Waals surface area contributed by atoms with Crippen LogP contribution in [0, 0.1) is 28.6 Å². The topological polar surface area (TPSA) is 169 Å². The smallest absolute Gasteiger partial charge is 0.404 e. The summed E-state index contributed by atoms with van der Waals surface area (Å²) in [5.74, 6) is -3.41. The third-order valence-corrected chi connectivity index (χ3v) is 13.5. The van der Waals surface area contributed by atoms with Crippen molar-refractivity contribution in [2.45, 2.75) is 116 Å². The Morgan fingerprint density at radius 1 is 1.13 bits per heavy atom. The summed E-state index contributed by atoms with van der Waals surface area (Å²) in [4.78, 5) is 48.8. The average Bonchev–Trinajstić information content (AvgIpc) is 3.29. The van der Waals surface area contributed by atoms with E-state index in [2.05, 4.69) is 11.9 Å². The number of carbonyl (C=O) groups is 3. The summed E-state index contributed by atoms with van der Waals surface area (Å²) in [6.07, 6.45) is 8.50. The van der Waals surface area contributed by atoms with Crippen LogP contribution in [-0.2, 0) is 28.2 Å². The van der Waals surface area contributed by atoms with Crippen LogP contribution in [0.3, 0.4) is 0 Å². The maximum Gasteiger partial charge on any atom is 0.527 e. The van der Waals surface area contributed by atoms with Crippen LogP contribution in [0.2, 0.25) is 0 Å².